The fraction of sp³-hybridized carbons (Fsp3) is 0.484. The van der Waals surface area contributed by atoms with Crippen molar-refractivity contribution in [2.75, 3.05) is 6.54 Å². The van der Waals surface area contributed by atoms with Gasteiger partial charge in [-0.3, -0.25) is 14.6 Å². The summed E-state index contributed by atoms with van der Waals surface area (Å²) >= 11 is 0. The molecule has 1 N–H and O–H groups in total. The van der Waals surface area contributed by atoms with E-state index < -0.39 is 41.2 Å². The number of aliphatic imine (C=N–C) groups is 1. The van der Waals surface area contributed by atoms with E-state index >= 15 is 0 Å². The molecule has 2 aromatic carbocycles. The number of aliphatic carboxylic acids is 1. The molecule has 220 valence electrons. The molecule has 1 spiro atoms. The number of rotatable bonds is 7. The fourth-order valence-corrected chi connectivity index (χ4v) is 5.92. The minimum Gasteiger partial charge on any atom is -0.550 e. The van der Waals surface area contributed by atoms with E-state index in [1.54, 1.807) is 29.2 Å². The Kier molecular flexibility index (Phi) is 10.4. The molecule has 0 unspecified atom stereocenters. The van der Waals surface area contributed by atoms with Gasteiger partial charge in [-0.2, -0.15) is 13.2 Å². The van der Waals surface area contributed by atoms with Crippen LogP contribution in [0.4, 0.5) is 13.2 Å². The van der Waals surface area contributed by atoms with E-state index in [0.29, 0.717) is 24.3 Å². The molecule has 2 aliphatic rings. The molecule has 0 aromatic heterocycles. The zero-order valence-corrected chi connectivity index (χ0v) is 26.7. The Labute approximate surface area is 266 Å². The van der Waals surface area contributed by atoms with E-state index in [0.717, 1.165) is 30.5 Å². The standard InChI is InChI=1S/C31H36F3N3O4.Na/c1-19(20-8-10-21(11-9-20)27(40)35-17-14-25(38)39)37-28(41)26(22-6-5-7-24(18-22)31(32,33)34)36-30(37)15-12-23(13-16-30)29(2,3)4;/h5-11,18-19,23H,12-17H2,1-4H3,(H,35,40)(H,38,39);/q;+1/p-1/t19-,23?,30?;/m1./s1. The van der Waals surface area contributed by atoms with Gasteiger partial charge in [-0.25, -0.2) is 0 Å². The third-order valence-corrected chi connectivity index (χ3v) is 8.32. The molecule has 42 heavy (non-hydrogen) atoms. The third kappa shape index (κ3) is 7.26. The van der Waals surface area contributed by atoms with Crippen molar-refractivity contribution in [1.82, 2.24) is 10.2 Å². The first-order chi connectivity index (χ1) is 19.1. The largest absolute Gasteiger partial charge is 1.00 e. The van der Waals surface area contributed by atoms with E-state index in [9.17, 15) is 32.7 Å². The van der Waals surface area contributed by atoms with Gasteiger partial charge in [-0.1, -0.05) is 45.0 Å². The average Bonchev–Trinajstić information content (AvgIpc) is 3.18. The van der Waals surface area contributed by atoms with Gasteiger partial charge in [0, 0.05) is 30.1 Å². The van der Waals surface area contributed by atoms with Gasteiger partial charge in [-0.15, -0.1) is 0 Å². The maximum Gasteiger partial charge on any atom is 1.00 e. The summed E-state index contributed by atoms with van der Waals surface area (Å²) in [5.74, 6) is -1.70. The molecule has 1 atom stereocenters. The molecular formula is C31H35F3N3NaO4. The Morgan fingerprint density at radius 3 is 2.26 bits per heavy atom. The summed E-state index contributed by atoms with van der Waals surface area (Å²) in [4.78, 5) is 43.6. The molecule has 0 saturated heterocycles. The summed E-state index contributed by atoms with van der Waals surface area (Å²) in [6.45, 7) is 8.35. The molecule has 7 nitrogen and oxygen atoms in total. The number of amides is 2. The predicted molar refractivity (Wildman–Crippen MR) is 146 cm³/mol. The quantitative estimate of drug-likeness (QED) is 0.496. The van der Waals surface area contributed by atoms with Gasteiger partial charge < -0.3 is 20.1 Å². The maximum atomic E-state index is 14.0. The molecule has 1 aliphatic carbocycles. The van der Waals surface area contributed by atoms with Crippen LogP contribution in [0.5, 0.6) is 0 Å². The van der Waals surface area contributed by atoms with Crippen LogP contribution in [0.25, 0.3) is 0 Å². The smallest absolute Gasteiger partial charge is 0.550 e. The van der Waals surface area contributed by atoms with Crippen LogP contribution in [0.15, 0.2) is 53.5 Å². The van der Waals surface area contributed by atoms with E-state index in [1.165, 1.54) is 12.1 Å². The van der Waals surface area contributed by atoms with Gasteiger partial charge in [0.15, 0.2) is 0 Å². The Hall–Kier alpha value is -2.69. The molecule has 2 aromatic rings. The number of hydrogen-bond donors (Lipinski definition) is 1. The topological polar surface area (TPSA) is 102 Å². The minimum atomic E-state index is -4.55. The van der Waals surface area contributed by atoms with E-state index in [-0.39, 0.29) is 59.2 Å². The first-order valence-corrected chi connectivity index (χ1v) is 13.8. The van der Waals surface area contributed by atoms with Crippen LogP contribution in [0.3, 0.4) is 0 Å². The minimum absolute atomic E-state index is 0. The summed E-state index contributed by atoms with van der Waals surface area (Å²) in [7, 11) is 0. The van der Waals surface area contributed by atoms with Crippen LogP contribution in [0, 0.1) is 11.3 Å². The van der Waals surface area contributed by atoms with Crippen molar-refractivity contribution in [3.8, 4) is 0 Å². The molecule has 1 saturated carbocycles. The summed E-state index contributed by atoms with van der Waals surface area (Å²) in [5.41, 5.74) is -0.415. The van der Waals surface area contributed by atoms with Crippen molar-refractivity contribution in [1.29, 1.82) is 0 Å². The van der Waals surface area contributed by atoms with Crippen LogP contribution in [0.2, 0.25) is 0 Å². The molecular weight excluding hydrogens is 558 g/mol. The molecule has 0 radical (unpaired) electrons. The van der Waals surface area contributed by atoms with Crippen molar-refractivity contribution in [2.24, 2.45) is 16.3 Å². The van der Waals surface area contributed by atoms with Crippen LogP contribution in [0.1, 0.15) is 92.9 Å². The maximum absolute atomic E-state index is 14.0. The number of carboxylic acid groups (broad SMARTS) is 1. The SMILES string of the molecule is C[C@H](c1ccc(C(=O)NCCC(=O)[O-])cc1)N1C(=O)C(c2cccc(C(F)(F)F)c2)=NC12CCC(C(C)(C)C)CC2.[Na+]. The number of carboxylic acids is 1. The Morgan fingerprint density at radius 2 is 1.71 bits per heavy atom. The van der Waals surface area contributed by atoms with Crippen molar-refractivity contribution < 1.29 is 62.2 Å². The number of hydrogen-bond acceptors (Lipinski definition) is 5. The second-order valence-electron chi connectivity index (χ2n) is 12.0. The third-order valence-electron chi connectivity index (χ3n) is 8.32. The molecule has 4 rings (SSSR count). The monoisotopic (exact) mass is 593 g/mol. The van der Waals surface area contributed by atoms with E-state index in [4.69, 9.17) is 4.99 Å². The number of alkyl halides is 3. The molecule has 2 amide bonds. The number of carbonyl (C=O) groups excluding carboxylic acids is 3. The van der Waals surface area contributed by atoms with E-state index in [2.05, 4.69) is 26.1 Å². The normalized spacial score (nSPS) is 21.5. The van der Waals surface area contributed by atoms with Gasteiger partial charge >= 0.3 is 35.7 Å². The first kappa shape index (κ1) is 33.8. The zero-order chi connectivity index (χ0) is 30.2. The number of benzene rings is 2. The van der Waals surface area contributed by atoms with Gasteiger partial charge in [0.1, 0.15) is 11.4 Å². The summed E-state index contributed by atoms with van der Waals surface area (Å²) in [5, 5.41) is 13.1. The molecule has 1 fully saturated rings. The Balaban J connectivity index is 0.00000484. The second-order valence-corrected chi connectivity index (χ2v) is 12.0. The molecule has 1 heterocycles. The fourth-order valence-electron chi connectivity index (χ4n) is 5.92. The number of nitrogens with one attached hydrogen (secondary N) is 1. The van der Waals surface area contributed by atoms with Crippen molar-refractivity contribution in [2.45, 2.75) is 77.7 Å². The Bertz CT molecular complexity index is 1340. The molecule has 0 bridgehead atoms. The van der Waals surface area contributed by atoms with Crippen LogP contribution >= 0.6 is 0 Å². The predicted octanol–water partition coefficient (Wildman–Crippen LogP) is 1.90. The van der Waals surface area contributed by atoms with Gasteiger partial charge in [0.2, 0.25) is 0 Å². The molecule has 1 aliphatic heterocycles. The Morgan fingerprint density at radius 1 is 1.10 bits per heavy atom. The van der Waals surface area contributed by atoms with Crippen molar-refractivity contribution in [3.63, 3.8) is 0 Å². The van der Waals surface area contributed by atoms with Gasteiger partial charge in [0.05, 0.1) is 11.6 Å². The average molecular weight is 594 g/mol. The van der Waals surface area contributed by atoms with Gasteiger partial charge in [-0.05, 0) is 73.8 Å². The zero-order valence-electron chi connectivity index (χ0n) is 24.7. The first-order valence-electron chi connectivity index (χ1n) is 13.8. The van der Waals surface area contributed by atoms with Crippen LogP contribution in [-0.2, 0) is 15.8 Å². The summed E-state index contributed by atoms with van der Waals surface area (Å²) in [6, 6.07) is 10.9. The van der Waals surface area contributed by atoms with Crippen LogP contribution < -0.4 is 40.0 Å². The number of carbonyl (C=O) groups is 3. The van der Waals surface area contributed by atoms with Crippen LogP contribution in [-0.4, -0.2) is 40.6 Å². The van der Waals surface area contributed by atoms with Gasteiger partial charge in [0.25, 0.3) is 11.8 Å². The number of halogens is 3. The van der Waals surface area contributed by atoms with Crippen molar-refractivity contribution in [3.05, 3.63) is 70.8 Å². The summed E-state index contributed by atoms with van der Waals surface area (Å²) < 4.78 is 40.4. The second kappa shape index (κ2) is 12.9. The number of nitrogens with zero attached hydrogens (tertiary/aromatic N) is 2. The van der Waals surface area contributed by atoms with Crippen molar-refractivity contribution >= 4 is 23.5 Å². The molecule has 11 heteroatoms. The summed E-state index contributed by atoms with van der Waals surface area (Å²) in [6.07, 6.45) is -2.02. The van der Waals surface area contributed by atoms with E-state index in [1.807, 2.05) is 6.92 Å².